The van der Waals surface area contributed by atoms with Crippen molar-refractivity contribution in [1.82, 2.24) is 25.3 Å². The predicted molar refractivity (Wildman–Crippen MR) is 98.1 cm³/mol. The fourth-order valence-electron chi connectivity index (χ4n) is 2.80. The zero-order valence-corrected chi connectivity index (χ0v) is 14.3. The Morgan fingerprint density at radius 1 is 0.962 bits per heavy atom. The fraction of sp³-hybridized carbons (Fsp3) is 0.158. The molecule has 4 rings (SSSR count). The summed E-state index contributed by atoms with van der Waals surface area (Å²) in [7, 11) is 0. The first-order valence-corrected chi connectivity index (χ1v) is 8.43. The standard InChI is InChI=1S/C19H18N6O/c1-2-26-16-10-8-15(9-11-16)19(14-6-4-3-5-7-14)20-17-12-13-18-21-23-24-25(18)22-17/h3-13,19H,2H2,1H3,(H,20,22)/t19-/m0/s1. The molecule has 1 atom stereocenters. The summed E-state index contributed by atoms with van der Waals surface area (Å²) in [6.45, 7) is 2.62. The molecule has 130 valence electrons. The van der Waals surface area contributed by atoms with E-state index in [1.54, 1.807) is 0 Å². The molecule has 2 aromatic heterocycles. The Bertz CT molecular complexity index is 984. The van der Waals surface area contributed by atoms with Gasteiger partial charge in [-0.3, -0.25) is 0 Å². The quantitative estimate of drug-likeness (QED) is 0.578. The molecule has 7 heteroatoms. The fourth-order valence-corrected chi connectivity index (χ4v) is 2.80. The third kappa shape index (κ3) is 3.32. The van der Waals surface area contributed by atoms with Gasteiger partial charge in [0.2, 0.25) is 0 Å². The molecule has 2 aromatic carbocycles. The molecule has 2 heterocycles. The van der Waals surface area contributed by atoms with Crippen molar-refractivity contribution in [3.63, 3.8) is 0 Å². The Morgan fingerprint density at radius 2 is 1.73 bits per heavy atom. The number of aromatic nitrogens is 5. The molecule has 0 aliphatic heterocycles. The lowest BCUT2D eigenvalue weighted by Crippen LogP contribution is -2.14. The predicted octanol–water partition coefficient (Wildman–Crippen LogP) is 3.12. The average molecular weight is 346 g/mol. The maximum Gasteiger partial charge on any atom is 0.200 e. The van der Waals surface area contributed by atoms with Crippen LogP contribution in [-0.4, -0.2) is 31.9 Å². The molecule has 0 aliphatic rings. The number of nitrogens with one attached hydrogen (secondary N) is 1. The van der Waals surface area contributed by atoms with E-state index in [4.69, 9.17) is 4.74 Å². The number of anilines is 1. The summed E-state index contributed by atoms with van der Waals surface area (Å²) in [4.78, 5) is 0. The first kappa shape index (κ1) is 16.0. The third-order valence-corrected chi connectivity index (χ3v) is 4.02. The zero-order valence-electron chi connectivity index (χ0n) is 14.3. The van der Waals surface area contributed by atoms with Gasteiger partial charge in [0.15, 0.2) is 5.65 Å². The largest absolute Gasteiger partial charge is 0.494 e. The van der Waals surface area contributed by atoms with E-state index in [0.29, 0.717) is 18.1 Å². The highest BCUT2D eigenvalue weighted by atomic mass is 16.5. The molecule has 0 bridgehead atoms. The Balaban J connectivity index is 1.68. The summed E-state index contributed by atoms with van der Waals surface area (Å²) >= 11 is 0. The highest BCUT2D eigenvalue weighted by Crippen LogP contribution is 2.27. The number of ether oxygens (including phenoxy) is 1. The molecular weight excluding hydrogens is 328 g/mol. The summed E-state index contributed by atoms with van der Waals surface area (Å²) in [6.07, 6.45) is 0. The van der Waals surface area contributed by atoms with Crippen LogP contribution in [0, 0.1) is 0 Å². The zero-order chi connectivity index (χ0) is 17.8. The Morgan fingerprint density at radius 3 is 2.50 bits per heavy atom. The van der Waals surface area contributed by atoms with E-state index >= 15 is 0 Å². The number of hydrogen-bond acceptors (Lipinski definition) is 6. The molecule has 0 fully saturated rings. The van der Waals surface area contributed by atoms with Gasteiger partial charge >= 0.3 is 0 Å². The van der Waals surface area contributed by atoms with Crippen LogP contribution in [-0.2, 0) is 0 Å². The van der Waals surface area contributed by atoms with Crippen molar-refractivity contribution in [2.45, 2.75) is 13.0 Å². The molecule has 0 radical (unpaired) electrons. The van der Waals surface area contributed by atoms with Gasteiger partial charge in [0.1, 0.15) is 11.6 Å². The molecule has 1 N–H and O–H groups in total. The van der Waals surface area contributed by atoms with Crippen LogP contribution in [0.1, 0.15) is 24.1 Å². The van der Waals surface area contributed by atoms with Crippen LogP contribution >= 0.6 is 0 Å². The Labute approximate surface area is 150 Å². The second kappa shape index (κ2) is 7.18. The normalized spacial score (nSPS) is 12.0. The summed E-state index contributed by atoms with van der Waals surface area (Å²) in [6, 6.07) is 21.9. The van der Waals surface area contributed by atoms with Crippen molar-refractivity contribution in [2.75, 3.05) is 11.9 Å². The van der Waals surface area contributed by atoms with Gasteiger partial charge in [-0.05, 0) is 52.7 Å². The third-order valence-electron chi connectivity index (χ3n) is 4.02. The first-order valence-electron chi connectivity index (χ1n) is 8.43. The van der Waals surface area contributed by atoms with E-state index in [1.807, 2.05) is 49.4 Å². The minimum absolute atomic E-state index is 0.0618. The van der Waals surface area contributed by atoms with Gasteiger partial charge in [0.25, 0.3) is 0 Å². The van der Waals surface area contributed by atoms with E-state index in [-0.39, 0.29) is 6.04 Å². The molecule has 0 spiro atoms. The highest BCUT2D eigenvalue weighted by Gasteiger charge is 2.15. The van der Waals surface area contributed by atoms with Crippen LogP contribution in [0.4, 0.5) is 5.82 Å². The average Bonchev–Trinajstić information content (AvgIpc) is 3.16. The second-order valence-corrected chi connectivity index (χ2v) is 5.74. The lowest BCUT2D eigenvalue weighted by molar-refractivity contribution is 0.340. The van der Waals surface area contributed by atoms with Crippen LogP contribution in [0.25, 0.3) is 5.65 Å². The second-order valence-electron chi connectivity index (χ2n) is 5.74. The summed E-state index contributed by atoms with van der Waals surface area (Å²) in [5, 5.41) is 19.3. The van der Waals surface area contributed by atoms with Crippen LogP contribution in [0.5, 0.6) is 5.75 Å². The van der Waals surface area contributed by atoms with E-state index in [9.17, 15) is 0 Å². The minimum atomic E-state index is -0.0618. The molecule has 0 saturated carbocycles. The van der Waals surface area contributed by atoms with Crippen LogP contribution < -0.4 is 10.1 Å². The number of rotatable bonds is 6. The maximum atomic E-state index is 5.55. The van der Waals surface area contributed by atoms with Gasteiger partial charge in [-0.1, -0.05) is 42.5 Å². The van der Waals surface area contributed by atoms with Crippen molar-refractivity contribution in [2.24, 2.45) is 0 Å². The van der Waals surface area contributed by atoms with E-state index in [1.165, 1.54) is 4.63 Å². The van der Waals surface area contributed by atoms with Gasteiger partial charge in [0, 0.05) is 0 Å². The molecule has 0 saturated heterocycles. The van der Waals surface area contributed by atoms with Gasteiger partial charge < -0.3 is 10.1 Å². The van der Waals surface area contributed by atoms with Crippen molar-refractivity contribution in [3.8, 4) is 5.75 Å². The lowest BCUT2D eigenvalue weighted by atomic mass is 9.98. The smallest absolute Gasteiger partial charge is 0.200 e. The molecule has 4 aromatic rings. The minimum Gasteiger partial charge on any atom is -0.494 e. The Kier molecular flexibility index (Phi) is 4.42. The van der Waals surface area contributed by atoms with Crippen molar-refractivity contribution < 1.29 is 4.74 Å². The molecule has 7 nitrogen and oxygen atoms in total. The monoisotopic (exact) mass is 346 g/mol. The van der Waals surface area contributed by atoms with E-state index in [0.717, 1.165) is 16.9 Å². The Hall–Kier alpha value is -3.48. The first-order chi connectivity index (χ1) is 12.8. The maximum absolute atomic E-state index is 5.55. The van der Waals surface area contributed by atoms with Crippen molar-refractivity contribution >= 4 is 11.5 Å². The van der Waals surface area contributed by atoms with E-state index < -0.39 is 0 Å². The topological polar surface area (TPSA) is 77.2 Å². The van der Waals surface area contributed by atoms with Crippen LogP contribution in [0.3, 0.4) is 0 Å². The van der Waals surface area contributed by atoms with Gasteiger partial charge in [-0.15, -0.1) is 14.8 Å². The lowest BCUT2D eigenvalue weighted by Gasteiger charge is -2.20. The highest BCUT2D eigenvalue weighted by molar-refractivity contribution is 5.47. The summed E-state index contributed by atoms with van der Waals surface area (Å²) in [5.41, 5.74) is 2.85. The van der Waals surface area contributed by atoms with Gasteiger partial charge in [0.05, 0.1) is 12.6 Å². The SMILES string of the molecule is CCOc1ccc([C@@H](Nc2ccc3nnnn3n2)c2ccccc2)cc1. The molecule has 0 amide bonds. The van der Waals surface area contributed by atoms with Crippen molar-refractivity contribution in [3.05, 3.63) is 77.9 Å². The van der Waals surface area contributed by atoms with E-state index in [2.05, 4.69) is 50.2 Å². The molecular formula is C19H18N6O. The number of nitrogens with zero attached hydrogens (tertiary/aromatic N) is 5. The van der Waals surface area contributed by atoms with Crippen LogP contribution in [0.15, 0.2) is 66.7 Å². The van der Waals surface area contributed by atoms with Crippen molar-refractivity contribution in [1.29, 1.82) is 0 Å². The van der Waals surface area contributed by atoms with Gasteiger partial charge in [-0.25, -0.2) is 0 Å². The summed E-state index contributed by atoms with van der Waals surface area (Å²) < 4.78 is 6.95. The number of hydrogen-bond donors (Lipinski definition) is 1. The molecule has 0 unspecified atom stereocenters. The van der Waals surface area contributed by atoms with Crippen LogP contribution in [0.2, 0.25) is 0 Å². The number of benzene rings is 2. The molecule has 0 aliphatic carbocycles. The molecule has 26 heavy (non-hydrogen) atoms. The summed E-state index contributed by atoms with van der Waals surface area (Å²) in [5.74, 6) is 1.55. The number of fused-ring (bicyclic) bond motifs is 1. The van der Waals surface area contributed by atoms with Gasteiger partial charge in [-0.2, -0.15) is 0 Å². The number of tetrazole rings is 1.